The van der Waals surface area contributed by atoms with E-state index < -0.39 is 40.3 Å². The molecule has 0 aliphatic heterocycles. The molecule has 2 unspecified atom stereocenters. The van der Waals surface area contributed by atoms with Crippen LogP contribution < -0.4 is 11.1 Å². The van der Waals surface area contributed by atoms with Crippen molar-refractivity contribution < 1.29 is 18.7 Å². The summed E-state index contributed by atoms with van der Waals surface area (Å²) < 4.78 is 26.5. The Hall–Kier alpha value is -1.24. The van der Waals surface area contributed by atoms with Crippen molar-refractivity contribution >= 4 is 17.5 Å². The first-order valence-electron chi connectivity index (χ1n) is 5.19. The SMILES string of the molecule is CC(O)C(N)CNC(=O)c1cc(F)c(Cl)cc1F. The van der Waals surface area contributed by atoms with Crippen LogP contribution in [-0.2, 0) is 0 Å². The molecule has 1 rings (SSSR count). The number of carbonyl (C=O) groups is 1. The van der Waals surface area contributed by atoms with Crippen LogP contribution in [0.15, 0.2) is 12.1 Å². The Labute approximate surface area is 108 Å². The zero-order chi connectivity index (χ0) is 13.9. The van der Waals surface area contributed by atoms with E-state index in [9.17, 15) is 13.6 Å². The van der Waals surface area contributed by atoms with Crippen molar-refractivity contribution in [2.45, 2.75) is 19.1 Å². The number of benzene rings is 1. The highest BCUT2D eigenvalue weighted by Crippen LogP contribution is 2.19. The highest BCUT2D eigenvalue weighted by atomic mass is 35.5. The third-order valence-corrected chi connectivity index (χ3v) is 2.66. The molecule has 1 aromatic carbocycles. The predicted octanol–water partition coefficient (Wildman–Crippen LogP) is 1.06. The molecule has 0 aromatic heterocycles. The minimum Gasteiger partial charge on any atom is -0.392 e. The molecule has 0 aliphatic rings. The van der Waals surface area contributed by atoms with Gasteiger partial charge in [-0.1, -0.05) is 11.6 Å². The van der Waals surface area contributed by atoms with Crippen LogP contribution in [0.3, 0.4) is 0 Å². The highest BCUT2D eigenvalue weighted by Gasteiger charge is 2.17. The number of rotatable bonds is 4. The monoisotopic (exact) mass is 278 g/mol. The number of aliphatic hydroxyl groups is 1. The third kappa shape index (κ3) is 3.63. The summed E-state index contributed by atoms with van der Waals surface area (Å²) in [6.45, 7) is 1.40. The summed E-state index contributed by atoms with van der Waals surface area (Å²) in [6, 6.07) is 0.746. The molecular formula is C11H13ClF2N2O2. The van der Waals surface area contributed by atoms with E-state index in [0.717, 1.165) is 6.07 Å². The lowest BCUT2D eigenvalue weighted by molar-refractivity contribution is 0.0933. The molecule has 0 radical (unpaired) electrons. The van der Waals surface area contributed by atoms with Crippen molar-refractivity contribution in [2.75, 3.05) is 6.54 Å². The molecule has 4 N–H and O–H groups in total. The number of hydrogen-bond donors (Lipinski definition) is 3. The standard InChI is InChI=1S/C11H13ClF2N2O2/c1-5(17)10(15)4-16-11(18)6-2-9(14)7(12)3-8(6)13/h2-3,5,10,17H,4,15H2,1H3,(H,16,18). The maximum absolute atomic E-state index is 13.4. The topological polar surface area (TPSA) is 75.3 Å². The lowest BCUT2D eigenvalue weighted by atomic mass is 10.1. The smallest absolute Gasteiger partial charge is 0.254 e. The Morgan fingerprint density at radius 3 is 2.67 bits per heavy atom. The average molecular weight is 279 g/mol. The van der Waals surface area contributed by atoms with E-state index in [1.165, 1.54) is 6.92 Å². The Bertz CT molecular complexity index is 455. The predicted molar refractivity (Wildman–Crippen MR) is 63.4 cm³/mol. The van der Waals surface area contributed by atoms with Crippen LogP contribution in [0.5, 0.6) is 0 Å². The summed E-state index contributed by atoms with van der Waals surface area (Å²) in [5, 5.41) is 11.0. The van der Waals surface area contributed by atoms with E-state index >= 15 is 0 Å². The fraction of sp³-hybridized carbons (Fsp3) is 0.364. The normalized spacial score (nSPS) is 14.1. The zero-order valence-corrected chi connectivity index (χ0v) is 10.3. The van der Waals surface area contributed by atoms with Crippen molar-refractivity contribution in [3.8, 4) is 0 Å². The first-order chi connectivity index (χ1) is 8.32. The summed E-state index contributed by atoms with van der Waals surface area (Å²) >= 11 is 5.36. The zero-order valence-electron chi connectivity index (χ0n) is 9.58. The average Bonchev–Trinajstić information content (AvgIpc) is 2.30. The number of halogens is 3. The molecule has 4 nitrogen and oxygen atoms in total. The first-order valence-corrected chi connectivity index (χ1v) is 5.57. The van der Waals surface area contributed by atoms with Gasteiger partial charge in [0.25, 0.3) is 5.91 Å². The van der Waals surface area contributed by atoms with Crippen LogP contribution in [0.1, 0.15) is 17.3 Å². The largest absolute Gasteiger partial charge is 0.392 e. The van der Waals surface area contributed by atoms with Gasteiger partial charge in [-0.2, -0.15) is 0 Å². The van der Waals surface area contributed by atoms with E-state index in [2.05, 4.69) is 5.32 Å². The van der Waals surface area contributed by atoms with E-state index in [1.807, 2.05) is 0 Å². The third-order valence-electron chi connectivity index (χ3n) is 2.37. The van der Waals surface area contributed by atoms with Crippen molar-refractivity contribution in [1.82, 2.24) is 5.32 Å². The van der Waals surface area contributed by atoms with E-state index in [0.29, 0.717) is 6.07 Å². The van der Waals surface area contributed by atoms with Crippen LogP contribution in [0.2, 0.25) is 5.02 Å². The van der Waals surface area contributed by atoms with Gasteiger partial charge in [0.15, 0.2) is 0 Å². The fourth-order valence-corrected chi connectivity index (χ4v) is 1.32. The van der Waals surface area contributed by atoms with Crippen LogP contribution in [-0.4, -0.2) is 29.7 Å². The van der Waals surface area contributed by atoms with Gasteiger partial charge < -0.3 is 16.2 Å². The van der Waals surface area contributed by atoms with Crippen LogP contribution in [0.25, 0.3) is 0 Å². The summed E-state index contributed by atoms with van der Waals surface area (Å²) in [6.07, 6.45) is -0.822. The lowest BCUT2D eigenvalue weighted by Gasteiger charge is -2.15. The van der Waals surface area contributed by atoms with Crippen LogP contribution in [0.4, 0.5) is 8.78 Å². The number of hydrogen-bond acceptors (Lipinski definition) is 3. The van der Waals surface area contributed by atoms with Gasteiger partial charge in [-0.15, -0.1) is 0 Å². The molecule has 1 amide bonds. The number of aliphatic hydroxyl groups excluding tert-OH is 1. The molecule has 0 heterocycles. The summed E-state index contributed by atoms with van der Waals surface area (Å²) in [5.74, 6) is -2.63. The summed E-state index contributed by atoms with van der Waals surface area (Å²) in [5.41, 5.74) is 5.02. The Morgan fingerprint density at radius 1 is 1.50 bits per heavy atom. The van der Waals surface area contributed by atoms with Crippen LogP contribution >= 0.6 is 11.6 Å². The number of carbonyl (C=O) groups excluding carboxylic acids is 1. The minimum atomic E-state index is -0.926. The number of amides is 1. The molecule has 7 heteroatoms. The molecule has 0 aliphatic carbocycles. The number of nitrogens with two attached hydrogens (primary N) is 1. The Balaban J connectivity index is 2.76. The van der Waals surface area contributed by atoms with Gasteiger partial charge in [0.2, 0.25) is 0 Å². The summed E-state index contributed by atoms with van der Waals surface area (Å²) in [7, 11) is 0. The van der Waals surface area contributed by atoms with Crippen molar-refractivity contribution in [1.29, 1.82) is 0 Å². The molecule has 0 saturated carbocycles. The molecule has 0 spiro atoms. The second kappa shape index (κ2) is 6.08. The molecule has 2 atom stereocenters. The fourth-order valence-electron chi connectivity index (χ4n) is 1.17. The van der Waals surface area contributed by atoms with Gasteiger partial charge in [-0.3, -0.25) is 4.79 Å². The maximum Gasteiger partial charge on any atom is 0.254 e. The van der Waals surface area contributed by atoms with Gasteiger partial charge in [-0.25, -0.2) is 8.78 Å². The molecule has 18 heavy (non-hydrogen) atoms. The van der Waals surface area contributed by atoms with Gasteiger partial charge in [0.05, 0.1) is 16.7 Å². The van der Waals surface area contributed by atoms with Crippen LogP contribution in [0, 0.1) is 11.6 Å². The number of nitrogens with one attached hydrogen (secondary N) is 1. The van der Waals surface area contributed by atoms with Gasteiger partial charge in [0.1, 0.15) is 11.6 Å². The van der Waals surface area contributed by atoms with Crippen molar-refractivity contribution in [3.05, 3.63) is 34.4 Å². The summed E-state index contributed by atoms with van der Waals surface area (Å²) in [4.78, 5) is 11.6. The minimum absolute atomic E-state index is 0.0554. The molecular weight excluding hydrogens is 266 g/mol. The van der Waals surface area contributed by atoms with Gasteiger partial charge >= 0.3 is 0 Å². The Morgan fingerprint density at radius 2 is 2.11 bits per heavy atom. The first kappa shape index (κ1) is 14.8. The second-order valence-electron chi connectivity index (χ2n) is 3.86. The molecule has 0 fully saturated rings. The molecule has 0 saturated heterocycles. The molecule has 0 bridgehead atoms. The van der Waals surface area contributed by atoms with Crippen molar-refractivity contribution in [2.24, 2.45) is 5.73 Å². The lowest BCUT2D eigenvalue weighted by Crippen LogP contribution is -2.43. The molecule has 100 valence electrons. The second-order valence-corrected chi connectivity index (χ2v) is 4.27. The van der Waals surface area contributed by atoms with E-state index in [4.69, 9.17) is 22.4 Å². The maximum atomic E-state index is 13.4. The van der Waals surface area contributed by atoms with Crippen molar-refractivity contribution in [3.63, 3.8) is 0 Å². The van der Waals surface area contributed by atoms with E-state index in [-0.39, 0.29) is 6.54 Å². The quantitative estimate of drug-likeness (QED) is 0.721. The highest BCUT2D eigenvalue weighted by molar-refractivity contribution is 6.30. The Kier molecular flexibility index (Phi) is 5.01. The molecule has 1 aromatic rings. The van der Waals surface area contributed by atoms with Gasteiger partial charge in [0, 0.05) is 12.6 Å². The van der Waals surface area contributed by atoms with E-state index in [1.54, 1.807) is 0 Å². The van der Waals surface area contributed by atoms with Gasteiger partial charge in [-0.05, 0) is 19.1 Å².